The fourth-order valence-corrected chi connectivity index (χ4v) is 4.35. The van der Waals surface area contributed by atoms with E-state index in [9.17, 15) is 21.6 Å². The molecule has 8 nitrogen and oxygen atoms in total. The van der Waals surface area contributed by atoms with Gasteiger partial charge in [0.2, 0.25) is 0 Å². The van der Waals surface area contributed by atoms with Gasteiger partial charge in [-0.2, -0.15) is 18.4 Å². The largest absolute Gasteiger partial charge is 0.433 e. The second kappa shape index (κ2) is 7.93. The van der Waals surface area contributed by atoms with E-state index in [1.165, 1.54) is 36.0 Å². The van der Waals surface area contributed by atoms with Gasteiger partial charge in [0.15, 0.2) is 15.7 Å². The molecule has 0 aromatic carbocycles. The fourth-order valence-electron chi connectivity index (χ4n) is 3.29. The van der Waals surface area contributed by atoms with E-state index >= 15 is 0 Å². The van der Waals surface area contributed by atoms with E-state index in [1.807, 2.05) is 6.07 Å². The van der Waals surface area contributed by atoms with Gasteiger partial charge in [-0.3, -0.25) is 4.98 Å². The lowest BCUT2D eigenvalue weighted by molar-refractivity contribution is -0.141. The summed E-state index contributed by atoms with van der Waals surface area (Å²) in [5.41, 5.74) is 0.323. The minimum Gasteiger partial charge on any atom is -0.324 e. The fraction of sp³-hybridized carbons (Fsp3) is 0.190. The summed E-state index contributed by atoms with van der Waals surface area (Å²) in [5, 5.41) is 9.08. The number of sulfone groups is 1. The highest BCUT2D eigenvalue weighted by molar-refractivity contribution is 7.91. The lowest BCUT2D eigenvalue weighted by atomic mass is 10.1. The summed E-state index contributed by atoms with van der Waals surface area (Å²) in [7, 11) is -2.26. The Bertz CT molecular complexity index is 1540. The van der Waals surface area contributed by atoms with E-state index in [4.69, 9.17) is 5.26 Å². The maximum atomic E-state index is 13.1. The monoisotopic (exact) mass is 472 g/mol. The van der Waals surface area contributed by atoms with E-state index in [1.54, 1.807) is 13.1 Å². The van der Waals surface area contributed by atoms with Crippen LogP contribution in [0.15, 0.2) is 47.8 Å². The zero-order valence-corrected chi connectivity index (χ0v) is 18.1. The first-order valence-electron chi connectivity index (χ1n) is 9.54. The normalized spacial score (nSPS) is 12.1. The summed E-state index contributed by atoms with van der Waals surface area (Å²) < 4.78 is 66.4. The van der Waals surface area contributed by atoms with Crippen LogP contribution in [-0.2, 0) is 23.1 Å². The van der Waals surface area contributed by atoms with Crippen LogP contribution in [0, 0.1) is 11.3 Å². The van der Waals surface area contributed by atoms with E-state index in [0.29, 0.717) is 11.1 Å². The van der Waals surface area contributed by atoms with Crippen molar-refractivity contribution in [3.05, 3.63) is 54.2 Å². The number of fused-ring (bicyclic) bond motifs is 1. The molecule has 168 valence electrons. The number of aryl methyl sites for hydroxylation is 1. The van der Waals surface area contributed by atoms with E-state index in [2.05, 4.69) is 19.9 Å². The van der Waals surface area contributed by atoms with Gasteiger partial charge in [-0.05, 0) is 29.8 Å². The van der Waals surface area contributed by atoms with Gasteiger partial charge in [0.1, 0.15) is 23.2 Å². The Morgan fingerprint density at radius 2 is 1.85 bits per heavy atom. The molecule has 0 radical (unpaired) electrons. The van der Waals surface area contributed by atoms with Crippen molar-refractivity contribution in [2.45, 2.75) is 18.0 Å². The van der Waals surface area contributed by atoms with Gasteiger partial charge in [-0.1, -0.05) is 6.92 Å². The van der Waals surface area contributed by atoms with Crippen molar-refractivity contribution in [3.63, 3.8) is 0 Å². The number of alkyl halides is 3. The van der Waals surface area contributed by atoms with Crippen LogP contribution >= 0.6 is 0 Å². The molecule has 0 amide bonds. The van der Waals surface area contributed by atoms with Crippen LogP contribution in [0.2, 0.25) is 0 Å². The van der Waals surface area contributed by atoms with Crippen LogP contribution in [0.25, 0.3) is 33.7 Å². The summed E-state index contributed by atoms with van der Waals surface area (Å²) in [6.45, 7) is 1.47. The third-order valence-electron chi connectivity index (χ3n) is 5.05. The third kappa shape index (κ3) is 4.03. The Morgan fingerprint density at radius 1 is 1.09 bits per heavy atom. The molecule has 0 aliphatic heterocycles. The van der Waals surface area contributed by atoms with Crippen LogP contribution in [0.3, 0.4) is 0 Å². The van der Waals surface area contributed by atoms with E-state index < -0.39 is 21.7 Å². The zero-order chi connectivity index (χ0) is 24.0. The SMILES string of the molecule is CCS(=O)(=O)c1cc(-c2ccnc(C#N)c2)cnc1-c1nc2cc(C(F)(F)F)ncc2n1C. The molecule has 0 bridgehead atoms. The number of halogens is 3. The average Bonchev–Trinajstić information content (AvgIpc) is 3.14. The standard InChI is InChI=1S/C21H15F3N6O2S/c1-3-33(31,32)17-7-13(12-4-5-26-14(6-12)9-25)10-28-19(17)20-29-15-8-18(21(22,23)24)27-11-16(15)30(20)2/h4-8,10-11H,3H2,1-2H3. The van der Waals surface area contributed by atoms with Crippen molar-refractivity contribution >= 4 is 20.9 Å². The van der Waals surface area contributed by atoms with Gasteiger partial charge in [-0.15, -0.1) is 0 Å². The number of hydrogen-bond acceptors (Lipinski definition) is 7. The Balaban J connectivity index is 1.95. The van der Waals surface area contributed by atoms with Crippen molar-refractivity contribution in [2.75, 3.05) is 5.75 Å². The van der Waals surface area contributed by atoms with Gasteiger partial charge in [-0.25, -0.2) is 23.4 Å². The van der Waals surface area contributed by atoms with Gasteiger partial charge in [0.25, 0.3) is 0 Å². The topological polar surface area (TPSA) is 114 Å². The van der Waals surface area contributed by atoms with Crippen LogP contribution in [0.4, 0.5) is 13.2 Å². The predicted molar refractivity (Wildman–Crippen MR) is 112 cm³/mol. The highest BCUT2D eigenvalue weighted by Gasteiger charge is 2.33. The predicted octanol–water partition coefficient (Wildman–Crippen LogP) is 3.78. The maximum Gasteiger partial charge on any atom is 0.433 e. The van der Waals surface area contributed by atoms with Gasteiger partial charge in [0, 0.05) is 25.0 Å². The van der Waals surface area contributed by atoms with Gasteiger partial charge < -0.3 is 4.57 Å². The van der Waals surface area contributed by atoms with Crippen molar-refractivity contribution in [1.82, 2.24) is 24.5 Å². The van der Waals surface area contributed by atoms with Crippen molar-refractivity contribution in [2.24, 2.45) is 7.05 Å². The molecule has 4 rings (SSSR count). The second-order valence-electron chi connectivity index (χ2n) is 7.07. The molecular weight excluding hydrogens is 457 g/mol. The first-order valence-corrected chi connectivity index (χ1v) is 11.2. The molecule has 0 unspecified atom stereocenters. The molecule has 0 spiro atoms. The van der Waals surface area contributed by atoms with Crippen LogP contribution in [-0.4, -0.2) is 38.7 Å². The molecule has 4 heterocycles. The number of hydrogen-bond donors (Lipinski definition) is 0. The van der Waals surface area contributed by atoms with Gasteiger partial charge >= 0.3 is 6.18 Å². The molecule has 4 aromatic rings. The summed E-state index contributed by atoms with van der Waals surface area (Å²) in [6.07, 6.45) is -0.765. The summed E-state index contributed by atoms with van der Waals surface area (Å²) >= 11 is 0. The minimum atomic E-state index is -4.64. The van der Waals surface area contributed by atoms with Crippen molar-refractivity contribution in [3.8, 4) is 28.7 Å². The third-order valence-corrected chi connectivity index (χ3v) is 6.79. The average molecular weight is 472 g/mol. The first kappa shape index (κ1) is 22.3. The molecule has 0 saturated carbocycles. The summed E-state index contributed by atoms with van der Waals surface area (Å²) in [4.78, 5) is 15.8. The molecule has 0 saturated heterocycles. The highest BCUT2D eigenvalue weighted by Crippen LogP contribution is 2.33. The number of nitriles is 1. The second-order valence-corrected chi connectivity index (χ2v) is 9.31. The molecule has 0 fully saturated rings. The number of rotatable bonds is 4. The first-order chi connectivity index (χ1) is 15.5. The lowest BCUT2D eigenvalue weighted by Gasteiger charge is -2.11. The van der Waals surface area contributed by atoms with Crippen LogP contribution in [0.1, 0.15) is 18.3 Å². The number of imidazole rings is 1. The van der Waals surface area contributed by atoms with E-state index in [-0.39, 0.29) is 38.9 Å². The molecule has 33 heavy (non-hydrogen) atoms. The summed E-state index contributed by atoms with van der Waals surface area (Å²) in [6, 6.07) is 7.25. The maximum absolute atomic E-state index is 13.1. The summed E-state index contributed by atoms with van der Waals surface area (Å²) in [5.74, 6) is -0.147. The van der Waals surface area contributed by atoms with Crippen molar-refractivity contribution in [1.29, 1.82) is 5.26 Å². The molecule has 4 aromatic heterocycles. The molecular formula is C21H15F3N6O2S. The molecule has 0 N–H and O–H groups in total. The minimum absolute atomic E-state index is 0.00224. The Hall–Kier alpha value is -3.85. The Labute approximate surface area is 186 Å². The number of pyridine rings is 3. The smallest absolute Gasteiger partial charge is 0.324 e. The van der Waals surface area contributed by atoms with Crippen LogP contribution < -0.4 is 0 Å². The van der Waals surface area contributed by atoms with E-state index in [0.717, 1.165) is 12.3 Å². The zero-order valence-electron chi connectivity index (χ0n) is 17.3. The Morgan fingerprint density at radius 3 is 2.52 bits per heavy atom. The lowest BCUT2D eigenvalue weighted by Crippen LogP contribution is -2.09. The van der Waals surface area contributed by atoms with Gasteiger partial charge in [0.05, 0.1) is 27.9 Å². The highest BCUT2D eigenvalue weighted by atomic mass is 32.2. The van der Waals surface area contributed by atoms with Crippen LogP contribution in [0.5, 0.6) is 0 Å². The molecule has 12 heteroatoms. The molecule has 0 atom stereocenters. The molecule has 0 aliphatic carbocycles. The Kier molecular flexibility index (Phi) is 5.37. The van der Waals surface area contributed by atoms with Crippen molar-refractivity contribution < 1.29 is 21.6 Å². The number of nitrogens with zero attached hydrogens (tertiary/aromatic N) is 6. The molecule has 0 aliphatic rings. The number of aromatic nitrogens is 5. The quantitative estimate of drug-likeness (QED) is 0.444.